The second kappa shape index (κ2) is 31.7. The Morgan fingerprint density at radius 1 is 0.168 bits per heavy atom. The van der Waals surface area contributed by atoms with Crippen LogP contribution in [0.15, 0.2) is 443 Å². The minimum Gasteiger partial charge on any atom is -0.310 e. The van der Waals surface area contributed by atoms with Crippen molar-refractivity contribution in [1.29, 1.82) is 0 Å². The van der Waals surface area contributed by atoms with Crippen molar-refractivity contribution in [3.05, 3.63) is 476 Å². The average Bonchev–Trinajstić information content (AvgIpc) is 1.56. The van der Waals surface area contributed by atoms with Gasteiger partial charge in [-0.25, -0.2) is 0 Å². The summed E-state index contributed by atoms with van der Waals surface area (Å²) < 4.78 is 8.26. The van der Waals surface area contributed by atoms with Gasteiger partial charge in [0.05, 0.1) is 0 Å². The van der Waals surface area contributed by atoms with E-state index in [0.29, 0.717) is 0 Å². The highest BCUT2D eigenvalue weighted by Gasteiger charge is 2.42. The van der Waals surface area contributed by atoms with Crippen LogP contribution in [0.4, 0.5) is 51.2 Å². The van der Waals surface area contributed by atoms with Gasteiger partial charge in [0.25, 0.3) is 0 Å². The molecule has 0 fully saturated rings. The molecule has 3 aliphatic carbocycles. The lowest BCUT2D eigenvalue weighted by Crippen LogP contribution is -2.16. The van der Waals surface area contributed by atoms with E-state index in [9.17, 15) is 0 Å². The van der Waals surface area contributed by atoms with Crippen LogP contribution in [0.25, 0.3) is 149 Å². The molecule has 3 nitrogen and oxygen atoms in total. The van der Waals surface area contributed by atoms with E-state index in [0.717, 1.165) is 34.1 Å². The smallest absolute Gasteiger partial charge is 0.0465 e. The number of hydrogen-bond donors (Lipinski definition) is 0. The summed E-state index contributed by atoms with van der Waals surface area (Å²) in [6.07, 6.45) is 0. The van der Waals surface area contributed by atoms with Crippen molar-refractivity contribution in [3.63, 3.8) is 0 Å². The number of nitrogens with zero attached hydrogens (tertiary/aromatic N) is 3. The van der Waals surface area contributed by atoms with Crippen molar-refractivity contribution in [2.75, 3.05) is 14.7 Å². The van der Waals surface area contributed by atoms with Crippen molar-refractivity contribution in [2.24, 2.45) is 0 Å². The largest absolute Gasteiger partial charge is 0.310 e. The quantitative estimate of drug-likeness (QED) is 0.121. The molecule has 624 valence electrons. The maximum absolute atomic E-state index is 2.43. The standard InChI is InChI=1S/2C43H31NS.C39H29NS/c1-43(2)38-26-25-36-35-16-8-9-18-40(35)45-42(36)41(38)37-24-23-32(27-39(37)43)44(30-13-4-3-5-14-30)31-21-19-29(20-22-31)34-17-10-12-28-11-6-7-15-33(28)34;1-43(2)38-25-24-36-35-14-8-9-15-40(35)45-42(36)41(38)37-23-22-34(27-39(37)43)44(32-12-4-3-5-13-32)33-20-18-29(19-21-33)31-17-16-28-10-6-7-11-30(28)26-31;1-39(2)34-24-23-32-31-15-9-10-16-36(31)41-38(32)37(34)33-22-21-30(25-35(33)39)40(28-13-7-4-8-14-28)29-19-17-27(18-20-29)26-11-5-3-6-12-26/h2*3-27H,1-2H3;3-25H,1-2H3. The summed E-state index contributed by atoms with van der Waals surface area (Å²) in [4.78, 5) is 7.16. The van der Waals surface area contributed by atoms with Gasteiger partial charge >= 0.3 is 0 Å². The van der Waals surface area contributed by atoms with Gasteiger partial charge in [0.1, 0.15) is 0 Å². The van der Waals surface area contributed by atoms with Crippen LogP contribution in [-0.4, -0.2) is 0 Å². The summed E-state index contributed by atoms with van der Waals surface area (Å²) >= 11 is 5.78. The van der Waals surface area contributed by atoms with Gasteiger partial charge in [-0.15, -0.1) is 34.0 Å². The van der Waals surface area contributed by atoms with Crippen molar-refractivity contribution in [3.8, 4) is 66.8 Å². The van der Waals surface area contributed by atoms with Crippen LogP contribution in [0, 0.1) is 0 Å². The first-order valence-electron chi connectivity index (χ1n) is 45.4. The molecule has 0 aliphatic heterocycles. The molecule has 3 heterocycles. The topological polar surface area (TPSA) is 9.72 Å². The maximum Gasteiger partial charge on any atom is 0.0465 e. The van der Waals surface area contributed by atoms with Crippen molar-refractivity contribution < 1.29 is 0 Å². The van der Waals surface area contributed by atoms with E-state index in [1.54, 1.807) is 0 Å². The zero-order valence-electron chi connectivity index (χ0n) is 73.7. The van der Waals surface area contributed by atoms with Gasteiger partial charge in [-0.3, -0.25) is 0 Å². The zero-order valence-corrected chi connectivity index (χ0v) is 76.2. The molecule has 0 spiro atoms. The second-order valence-electron chi connectivity index (χ2n) is 36.6. The lowest BCUT2D eigenvalue weighted by molar-refractivity contribution is 0.661. The van der Waals surface area contributed by atoms with Crippen molar-refractivity contribution >= 4 is 167 Å². The van der Waals surface area contributed by atoms with Gasteiger partial charge in [-0.05, 0) is 238 Å². The van der Waals surface area contributed by atoms with Crippen LogP contribution in [-0.2, 0) is 16.2 Å². The third-order valence-corrected chi connectivity index (χ3v) is 31.6. The normalized spacial score (nSPS) is 13.3. The minimum absolute atomic E-state index is 0.0927. The Kier molecular flexibility index (Phi) is 19.2. The monoisotopic (exact) mass is 1730 g/mol. The molecule has 0 radical (unpaired) electrons. The van der Waals surface area contributed by atoms with E-state index in [2.05, 4.69) is 499 Å². The first kappa shape index (κ1) is 79.4. The fourth-order valence-electron chi connectivity index (χ4n) is 21.3. The van der Waals surface area contributed by atoms with Crippen LogP contribution >= 0.6 is 34.0 Å². The highest BCUT2D eigenvalue weighted by Crippen LogP contribution is 2.60. The summed E-state index contributed by atoms with van der Waals surface area (Å²) in [5.41, 5.74) is 34.2. The first-order chi connectivity index (χ1) is 64.2. The number of anilines is 9. The van der Waals surface area contributed by atoms with Gasteiger partial charge in [0, 0.05) is 145 Å². The van der Waals surface area contributed by atoms with Gasteiger partial charge in [0.15, 0.2) is 0 Å². The molecular formula is C125H91N3S3. The fraction of sp³-hybridized carbons (Fsp3) is 0.0720. The van der Waals surface area contributed by atoms with E-state index < -0.39 is 0 Å². The summed E-state index contributed by atoms with van der Waals surface area (Å²) in [5.74, 6) is 0. The first-order valence-corrected chi connectivity index (χ1v) is 47.9. The molecule has 26 rings (SSSR count). The zero-order chi connectivity index (χ0) is 87.8. The van der Waals surface area contributed by atoms with Crippen molar-refractivity contribution in [2.45, 2.75) is 57.8 Å². The summed E-state index contributed by atoms with van der Waals surface area (Å²) in [6, 6.07) is 162. The van der Waals surface area contributed by atoms with Crippen LogP contribution in [0.3, 0.4) is 0 Å². The summed E-state index contributed by atoms with van der Waals surface area (Å²) in [5, 5.41) is 13.2. The van der Waals surface area contributed by atoms with E-state index in [1.807, 2.05) is 34.0 Å². The average molecular weight is 1730 g/mol. The number of hydrogen-bond acceptors (Lipinski definition) is 6. The van der Waals surface area contributed by atoms with Gasteiger partial charge in [-0.2, -0.15) is 0 Å². The Morgan fingerprint density at radius 3 is 0.855 bits per heavy atom. The predicted molar refractivity (Wildman–Crippen MR) is 566 cm³/mol. The van der Waals surface area contributed by atoms with E-state index in [-0.39, 0.29) is 16.2 Å². The van der Waals surface area contributed by atoms with Crippen LogP contribution in [0.2, 0.25) is 0 Å². The lowest BCUT2D eigenvalue weighted by atomic mass is 9.82. The summed E-state index contributed by atoms with van der Waals surface area (Å²) in [6.45, 7) is 14.3. The van der Waals surface area contributed by atoms with Gasteiger partial charge < -0.3 is 14.7 Å². The molecule has 6 heteroatoms. The SMILES string of the molecule is CC1(C)c2cc(N(c3ccccc3)c3ccc(-c4ccc5ccccc5c4)cc3)ccc2-c2c1ccc1c2sc2ccccc21.CC1(C)c2cc(N(c3ccccc3)c3ccc(-c4cccc5ccccc45)cc3)ccc2-c2c1ccc1c2sc2ccccc21.CC1(C)c2cc(N(c3ccccc3)c3ccc(-c4ccccc4)cc3)ccc2-c2c1ccc1c2sc2ccccc21. The number of benzene rings is 20. The van der Waals surface area contributed by atoms with Gasteiger partial charge in [0.2, 0.25) is 0 Å². The molecule has 0 saturated carbocycles. The molecule has 0 unspecified atom stereocenters. The molecular weight excluding hydrogens is 1640 g/mol. The number of para-hydroxylation sites is 3. The van der Waals surface area contributed by atoms with E-state index >= 15 is 0 Å². The molecule has 131 heavy (non-hydrogen) atoms. The molecule has 0 bridgehead atoms. The Labute approximate surface area is 776 Å². The highest BCUT2D eigenvalue weighted by molar-refractivity contribution is 7.27. The Hall–Kier alpha value is -15.0. The van der Waals surface area contributed by atoms with Crippen LogP contribution in [0.1, 0.15) is 74.9 Å². The number of thiophene rings is 3. The third kappa shape index (κ3) is 13.4. The Bertz CT molecular complexity index is 8400. The number of rotatable bonds is 12. The molecule has 3 aromatic heterocycles. The summed E-state index contributed by atoms with van der Waals surface area (Å²) in [7, 11) is 0. The molecule has 0 amide bonds. The maximum atomic E-state index is 2.43. The highest BCUT2D eigenvalue weighted by atomic mass is 32.1. The molecule has 3 aliphatic rings. The van der Waals surface area contributed by atoms with E-state index in [1.165, 1.54) is 199 Å². The molecule has 0 saturated heterocycles. The molecule has 23 aromatic rings. The molecule has 0 atom stereocenters. The van der Waals surface area contributed by atoms with Crippen molar-refractivity contribution in [1.82, 2.24) is 0 Å². The molecule has 0 N–H and O–H groups in total. The van der Waals surface area contributed by atoms with Crippen LogP contribution in [0.5, 0.6) is 0 Å². The predicted octanol–water partition coefficient (Wildman–Crippen LogP) is 36.8. The Morgan fingerprint density at radius 2 is 0.458 bits per heavy atom. The van der Waals surface area contributed by atoms with E-state index in [4.69, 9.17) is 0 Å². The number of fused-ring (bicyclic) bond motifs is 23. The van der Waals surface area contributed by atoms with Gasteiger partial charge in [-0.1, -0.05) is 351 Å². The third-order valence-electron chi connectivity index (χ3n) is 28.0. The fourth-order valence-corrected chi connectivity index (χ4v) is 25.1. The van der Waals surface area contributed by atoms with Crippen LogP contribution < -0.4 is 14.7 Å². The Balaban J connectivity index is 0.000000109. The second-order valence-corrected chi connectivity index (χ2v) is 39.7. The lowest BCUT2D eigenvalue weighted by Gasteiger charge is -2.28. The molecule has 20 aromatic carbocycles. The minimum atomic E-state index is -0.106.